The van der Waals surface area contributed by atoms with Crippen LogP contribution in [-0.4, -0.2) is 95.9 Å². The number of hydrogen-bond donors (Lipinski definition) is 8. The van der Waals surface area contributed by atoms with Gasteiger partial charge in [0.05, 0.1) is 34.3 Å². The maximum atomic E-state index is 13.7. The number of hydrogen-bond acceptors (Lipinski definition) is 12. The first-order valence-corrected chi connectivity index (χ1v) is 16.2. The number of phenols is 2. The summed E-state index contributed by atoms with van der Waals surface area (Å²) in [6.07, 6.45) is 4.96. The molecule has 2 amide bonds. The summed E-state index contributed by atoms with van der Waals surface area (Å²) in [6.45, 7) is 0.876. The normalized spacial score (nSPS) is 13.5. The lowest BCUT2D eigenvalue weighted by atomic mass is 9.81. The van der Waals surface area contributed by atoms with Gasteiger partial charge in [0, 0.05) is 37.6 Å². The standard InChI is InChI=1S/C28H38N6O6S2/c1-41-13-7-15(29)27(39)33-11-9-31-17-3-4-18(32-10-12-34-28(40)16(30)8-14-42-2)22-21(17)25(37)23-19(35)5-6-20(36)24(23)26(22)38/h3-6,15-16,31-32,35-36H,7-14,29-30H2,1-2H3,(H,33,39)(H,34,40). The van der Waals surface area contributed by atoms with Gasteiger partial charge < -0.3 is 42.9 Å². The number of carbonyl (C=O) groups is 4. The second-order valence-electron chi connectivity index (χ2n) is 9.63. The van der Waals surface area contributed by atoms with Crippen LogP contribution < -0.4 is 32.7 Å². The van der Waals surface area contributed by atoms with E-state index in [9.17, 15) is 29.4 Å². The number of anilines is 2. The van der Waals surface area contributed by atoms with Crippen molar-refractivity contribution >= 4 is 58.3 Å². The Hall–Kier alpha value is -3.46. The molecule has 2 unspecified atom stereocenters. The number of phenolic OH excluding ortho intramolecular Hbond substituents is 2. The lowest BCUT2D eigenvalue weighted by Crippen LogP contribution is -2.42. The Morgan fingerprint density at radius 3 is 1.43 bits per heavy atom. The van der Waals surface area contributed by atoms with Crippen molar-refractivity contribution in [1.29, 1.82) is 0 Å². The van der Waals surface area contributed by atoms with E-state index in [4.69, 9.17) is 11.5 Å². The molecule has 0 saturated carbocycles. The predicted octanol–water partition coefficient (Wildman–Crippen LogP) is 1.09. The molecule has 1 aliphatic carbocycles. The zero-order valence-corrected chi connectivity index (χ0v) is 25.3. The quantitative estimate of drug-likeness (QED) is 0.0838. The van der Waals surface area contributed by atoms with Gasteiger partial charge in [-0.05, 0) is 61.1 Å². The minimum absolute atomic E-state index is 0.0181. The number of fused-ring (bicyclic) bond motifs is 2. The van der Waals surface area contributed by atoms with Crippen molar-refractivity contribution in [3.05, 3.63) is 46.5 Å². The minimum Gasteiger partial charge on any atom is -0.507 e. The number of aromatic hydroxyl groups is 2. The van der Waals surface area contributed by atoms with Crippen LogP contribution in [0.15, 0.2) is 24.3 Å². The molecule has 10 N–H and O–H groups in total. The Kier molecular flexibility index (Phi) is 12.3. The third-order valence-electron chi connectivity index (χ3n) is 6.69. The summed E-state index contributed by atoms with van der Waals surface area (Å²) in [5, 5.41) is 32.5. The average molecular weight is 619 g/mol. The molecule has 1 aliphatic rings. The molecule has 0 aromatic heterocycles. The van der Waals surface area contributed by atoms with Gasteiger partial charge in [-0.15, -0.1) is 0 Å². The molecular formula is C28H38N6O6S2. The zero-order valence-electron chi connectivity index (χ0n) is 23.6. The Morgan fingerprint density at radius 1 is 0.690 bits per heavy atom. The van der Waals surface area contributed by atoms with E-state index in [0.29, 0.717) is 24.2 Å². The number of thioether (sulfide) groups is 2. The van der Waals surface area contributed by atoms with Crippen molar-refractivity contribution in [3.63, 3.8) is 0 Å². The third-order valence-corrected chi connectivity index (χ3v) is 7.98. The number of nitrogens with two attached hydrogens (primary N) is 2. The highest BCUT2D eigenvalue weighted by Gasteiger charge is 2.38. The van der Waals surface area contributed by atoms with Gasteiger partial charge in [-0.3, -0.25) is 19.2 Å². The lowest BCUT2D eigenvalue weighted by Gasteiger charge is -2.25. The first kappa shape index (κ1) is 33.0. The van der Waals surface area contributed by atoms with Crippen LogP contribution >= 0.6 is 23.5 Å². The third kappa shape index (κ3) is 7.88. The molecular weight excluding hydrogens is 580 g/mol. The second-order valence-corrected chi connectivity index (χ2v) is 11.6. The van der Waals surface area contributed by atoms with E-state index in [2.05, 4.69) is 21.3 Å². The molecule has 0 aliphatic heterocycles. The minimum atomic E-state index is -0.643. The predicted molar refractivity (Wildman–Crippen MR) is 168 cm³/mol. The van der Waals surface area contributed by atoms with Crippen LogP contribution in [0.4, 0.5) is 11.4 Å². The van der Waals surface area contributed by atoms with Gasteiger partial charge in [0.25, 0.3) is 0 Å². The molecule has 14 heteroatoms. The van der Waals surface area contributed by atoms with Crippen molar-refractivity contribution in [3.8, 4) is 11.5 Å². The van der Waals surface area contributed by atoms with Gasteiger partial charge in [0.15, 0.2) is 0 Å². The van der Waals surface area contributed by atoms with Crippen LogP contribution in [0.5, 0.6) is 11.5 Å². The van der Waals surface area contributed by atoms with Crippen LogP contribution in [0, 0.1) is 0 Å². The second kappa shape index (κ2) is 15.7. The molecule has 42 heavy (non-hydrogen) atoms. The molecule has 0 spiro atoms. The van der Waals surface area contributed by atoms with Gasteiger partial charge in [-0.2, -0.15) is 23.5 Å². The van der Waals surface area contributed by atoms with Crippen molar-refractivity contribution in [2.45, 2.75) is 24.9 Å². The molecule has 0 bridgehead atoms. The van der Waals surface area contributed by atoms with Gasteiger partial charge >= 0.3 is 0 Å². The fourth-order valence-electron chi connectivity index (χ4n) is 4.44. The van der Waals surface area contributed by atoms with Crippen LogP contribution in [-0.2, 0) is 9.59 Å². The van der Waals surface area contributed by atoms with Gasteiger partial charge in [0.1, 0.15) is 11.5 Å². The fourth-order valence-corrected chi connectivity index (χ4v) is 5.42. The fraction of sp³-hybridized carbons (Fsp3) is 0.429. The van der Waals surface area contributed by atoms with Gasteiger partial charge in [-0.25, -0.2) is 0 Å². The van der Waals surface area contributed by atoms with Crippen molar-refractivity contribution in [2.75, 3.05) is 60.8 Å². The largest absolute Gasteiger partial charge is 0.507 e. The monoisotopic (exact) mass is 618 g/mol. The highest BCUT2D eigenvalue weighted by molar-refractivity contribution is 7.98. The number of carbonyl (C=O) groups excluding carboxylic acids is 4. The average Bonchev–Trinajstić information content (AvgIpc) is 2.98. The first-order chi connectivity index (χ1) is 20.1. The van der Waals surface area contributed by atoms with E-state index in [0.717, 1.165) is 23.6 Å². The molecule has 12 nitrogen and oxygen atoms in total. The van der Waals surface area contributed by atoms with E-state index in [1.54, 1.807) is 35.7 Å². The number of amides is 2. The summed E-state index contributed by atoms with van der Waals surface area (Å²) in [7, 11) is 0. The summed E-state index contributed by atoms with van der Waals surface area (Å²) < 4.78 is 0. The molecule has 0 fully saturated rings. The number of ketones is 2. The summed E-state index contributed by atoms with van der Waals surface area (Å²) in [6, 6.07) is 4.28. The Labute approximate surface area is 253 Å². The highest BCUT2D eigenvalue weighted by Crippen LogP contribution is 2.42. The maximum Gasteiger partial charge on any atom is 0.237 e. The highest BCUT2D eigenvalue weighted by atomic mass is 32.2. The number of rotatable bonds is 16. The molecule has 2 aromatic rings. The summed E-state index contributed by atoms with van der Waals surface area (Å²) in [5.41, 5.74) is 11.9. The van der Waals surface area contributed by atoms with Crippen LogP contribution in [0.25, 0.3) is 0 Å². The van der Waals surface area contributed by atoms with E-state index in [1.165, 1.54) is 0 Å². The van der Waals surface area contributed by atoms with E-state index < -0.39 is 35.1 Å². The Bertz CT molecular complexity index is 1230. The van der Waals surface area contributed by atoms with Gasteiger partial charge in [-0.1, -0.05) is 0 Å². The summed E-state index contributed by atoms with van der Waals surface area (Å²) >= 11 is 3.20. The topological polar surface area (TPSA) is 209 Å². The zero-order chi connectivity index (χ0) is 30.8. The first-order valence-electron chi connectivity index (χ1n) is 13.5. The molecule has 0 saturated heterocycles. The number of nitrogens with one attached hydrogen (secondary N) is 4. The number of benzene rings is 2. The SMILES string of the molecule is CSCCC(N)C(=O)NCCNc1ccc(NCCNC(=O)C(N)CCSC)c2c1C(=O)c1c(O)ccc(O)c1C2=O. The molecule has 0 radical (unpaired) electrons. The van der Waals surface area contributed by atoms with E-state index in [-0.39, 0.29) is 60.2 Å². The van der Waals surface area contributed by atoms with Crippen LogP contribution in [0.1, 0.15) is 44.7 Å². The van der Waals surface area contributed by atoms with E-state index in [1.807, 2.05) is 12.5 Å². The molecule has 3 rings (SSSR count). The Balaban J connectivity index is 1.79. The summed E-state index contributed by atoms with van der Waals surface area (Å²) in [4.78, 5) is 51.8. The molecule has 0 heterocycles. The van der Waals surface area contributed by atoms with Crippen LogP contribution in [0.2, 0.25) is 0 Å². The Morgan fingerprint density at radius 2 is 1.07 bits per heavy atom. The van der Waals surface area contributed by atoms with Crippen molar-refractivity contribution < 1.29 is 29.4 Å². The molecule has 2 atom stereocenters. The van der Waals surface area contributed by atoms with Crippen molar-refractivity contribution in [2.24, 2.45) is 11.5 Å². The molecule has 2 aromatic carbocycles. The summed E-state index contributed by atoms with van der Waals surface area (Å²) in [5.74, 6) is -1.19. The van der Waals surface area contributed by atoms with E-state index >= 15 is 0 Å². The lowest BCUT2D eigenvalue weighted by molar-refractivity contribution is -0.123. The smallest absolute Gasteiger partial charge is 0.237 e. The van der Waals surface area contributed by atoms with Gasteiger partial charge in [0.2, 0.25) is 23.4 Å². The maximum absolute atomic E-state index is 13.7. The molecule has 228 valence electrons. The van der Waals surface area contributed by atoms with Crippen LogP contribution in [0.3, 0.4) is 0 Å². The van der Waals surface area contributed by atoms with Crippen molar-refractivity contribution in [1.82, 2.24) is 10.6 Å².